The summed E-state index contributed by atoms with van der Waals surface area (Å²) in [7, 11) is 0. The maximum Gasteiger partial charge on any atom is 0.259 e. The molecule has 4 heterocycles. The Morgan fingerprint density at radius 3 is 3.00 bits per heavy atom. The van der Waals surface area contributed by atoms with E-state index in [1.165, 1.54) is 17.5 Å². The molecule has 0 bridgehead atoms. The molecule has 3 aromatic heterocycles. The number of thiazole rings is 1. The molecule has 3 aromatic rings. The number of hydrogen-bond donors (Lipinski definition) is 1. The van der Waals surface area contributed by atoms with Gasteiger partial charge in [0.15, 0.2) is 5.13 Å². The second-order valence-electron chi connectivity index (χ2n) is 5.72. The van der Waals surface area contributed by atoms with Gasteiger partial charge >= 0.3 is 0 Å². The maximum atomic E-state index is 12.4. The lowest BCUT2D eigenvalue weighted by atomic mass is 10.2. The number of anilines is 1. The molecule has 4 rings (SSSR count). The van der Waals surface area contributed by atoms with Gasteiger partial charge in [0.25, 0.3) is 5.91 Å². The Hall–Kier alpha value is -2.84. The zero-order valence-corrected chi connectivity index (χ0v) is 14.6. The molecule has 1 aliphatic heterocycles. The predicted octanol–water partition coefficient (Wildman–Crippen LogP) is 3.02. The van der Waals surface area contributed by atoms with Crippen molar-refractivity contribution in [2.45, 2.75) is 12.5 Å². The minimum atomic E-state index is -0.264. The number of nitrogens with zero attached hydrogens (tertiary/aromatic N) is 3. The van der Waals surface area contributed by atoms with Gasteiger partial charge in [-0.15, -0.1) is 11.3 Å². The standard InChI is InChI=1S/C18H16N4O3S/c23-17(13-3-4-16(20-9-13)25-14-5-7-24-10-14)22-18-21-15(11-26-18)12-2-1-6-19-8-12/h1-4,6,8-9,11,14H,5,7,10H2,(H,21,22,23). The van der Waals surface area contributed by atoms with Crippen molar-refractivity contribution in [1.82, 2.24) is 15.0 Å². The van der Waals surface area contributed by atoms with E-state index in [2.05, 4.69) is 20.3 Å². The van der Waals surface area contributed by atoms with E-state index < -0.39 is 0 Å². The molecule has 0 radical (unpaired) electrons. The first-order valence-corrected chi connectivity index (χ1v) is 9.03. The van der Waals surface area contributed by atoms with Gasteiger partial charge < -0.3 is 9.47 Å². The molecule has 1 N–H and O–H groups in total. The summed E-state index contributed by atoms with van der Waals surface area (Å²) in [6, 6.07) is 7.14. The number of rotatable bonds is 5. The third-order valence-electron chi connectivity index (χ3n) is 3.86. The van der Waals surface area contributed by atoms with Crippen molar-refractivity contribution in [2.24, 2.45) is 0 Å². The molecule has 1 fully saturated rings. The second-order valence-corrected chi connectivity index (χ2v) is 6.58. The van der Waals surface area contributed by atoms with E-state index in [4.69, 9.17) is 9.47 Å². The van der Waals surface area contributed by atoms with Gasteiger partial charge in [-0.05, 0) is 18.2 Å². The van der Waals surface area contributed by atoms with Crippen molar-refractivity contribution in [3.8, 4) is 17.1 Å². The molecule has 132 valence electrons. The van der Waals surface area contributed by atoms with E-state index in [0.717, 1.165) is 17.7 Å². The topological polar surface area (TPSA) is 86.2 Å². The molecular weight excluding hydrogens is 352 g/mol. The fourth-order valence-corrected chi connectivity index (χ4v) is 3.22. The van der Waals surface area contributed by atoms with E-state index in [1.54, 1.807) is 24.5 Å². The van der Waals surface area contributed by atoms with Crippen molar-refractivity contribution in [1.29, 1.82) is 0 Å². The van der Waals surface area contributed by atoms with Crippen LogP contribution in [0.3, 0.4) is 0 Å². The Labute approximate surface area is 154 Å². The summed E-state index contributed by atoms with van der Waals surface area (Å²) >= 11 is 1.36. The summed E-state index contributed by atoms with van der Waals surface area (Å²) in [5, 5.41) is 5.19. The molecular formula is C18H16N4O3S. The Morgan fingerprint density at radius 2 is 2.27 bits per heavy atom. The van der Waals surface area contributed by atoms with Gasteiger partial charge in [0.05, 0.1) is 24.5 Å². The van der Waals surface area contributed by atoms with Gasteiger partial charge in [0.2, 0.25) is 5.88 Å². The number of amides is 1. The highest BCUT2D eigenvalue weighted by Crippen LogP contribution is 2.24. The number of pyridine rings is 2. The van der Waals surface area contributed by atoms with Crippen LogP contribution in [0.5, 0.6) is 5.88 Å². The summed E-state index contributed by atoms with van der Waals surface area (Å²) < 4.78 is 11.0. The summed E-state index contributed by atoms with van der Waals surface area (Å²) in [6.45, 7) is 1.28. The molecule has 1 aliphatic rings. The van der Waals surface area contributed by atoms with Gasteiger partial charge in [-0.2, -0.15) is 0 Å². The quantitative estimate of drug-likeness (QED) is 0.745. The highest BCUT2D eigenvalue weighted by atomic mass is 32.1. The fourth-order valence-electron chi connectivity index (χ4n) is 2.51. The van der Waals surface area contributed by atoms with Gasteiger partial charge in [0.1, 0.15) is 6.10 Å². The van der Waals surface area contributed by atoms with Crippen LogP contribution in [-0.4, -0.2) is 40.2 Å². The van der Waals surface area contributed by atoms with Gasteiger partial charge in [-0.1, -0.05) is 0 Å². The molecule has 1 unspecified atom stereocenters. The number of hydrogen-bond acceptors (Lipinski definition) is 7. The Kier molecular flexibility index (Phi) is 4.85. The molecule has 1 atom stereocenters. The van der Waals surface area contributed by atoms with Crippen molar-refractivity contribution >= 4 is 22.4 Å². The Balaban J connectivity index is 1.39. The van der Waals surface area contributed by atoms with Crippen LogP contribution in [-0.2, 0) is 4.74 Å². The molecule has 0 spiro atoms. The lowest BCUT2D eigenvalue weighted by Gasteiger charge is -2.10. The Morgan fingerprint density at radius 1 is 1.31 bits per heavy atom. The third kappa shape index (κ3) is 3.87. The SMILES string of the molecule is O=C(Nc1nc(-c2cccnc2)cs1)c1ccc(OC2CCOC2)nc1. The highest BCUT2D eigenvalue weighted by Gasteiger charge is 2.18. The minimum absolute atomic E-state index is 0.0309. The molecule has 8 heteroatoms. The van der Waals surface area contributed by atoms with Gasteiger partial charge in [-0.25, -0.2) is 9.97 Å². The minimum Gasteiger partial charge on any atom is -0.472 e. The lowest BCUT2D eigenvalue weighted by Crippen LogP contribution is -2.17. The molecule has 26 heavy (non-hydrogen) atoms. The second kappa shape index (κ2) is 7.59. The molecule has 1 amide bonds. The number of nitrogens with one attached hydrogen (secondary N) is 1. The van der Waals surface area contributed by atoms with Gasteiger partial charge in [0, 0.05) is 42.0 Å². The van der Waals surface area contributed by atoms with E-state index in [1.807, 2.05) is 17.5 Å². The Bertz CT molecular complexity index is 877. The maximum absolute atomic E-state index is 12.4. The molecule has 0 aromatic carbocycles. The molecule has 0 aliphatic carbocycles. The molecule has 0 saturated carbocycles. The zero-order valence-electron chi connectivity index (χ0n) is 13.8. The van der Waals surface area contributed by atoms with Crippen LogP contribution in [0, 0.1) is 0 Å². The first kappa shape index (κ1) is 16.6. The summed E-state index contributed by atoms with van der Waals surface area (Å²) in [4.78, 5) is 25.0. The van der Waals surface area contributed by atoms with E-state index in [9.17, 15) is 4.79 Å². The van der Waals surface area contributed by atoms with Crippen molar-refractivity contribution in [3.05, 3.63) is 53.8 Å². The van der Waals surface area contributed by atoms with Crippen LogP contribution in [0.1, 0.15) is 16.8 Å². The number of carbonyl (C=O) groups is 1. The predicted molar refractivity (Wildman–Crippen MR) is 97.4 cm³/mol. The summed E-state index contributed by atoms with van der Waals surface area (Å²) in [5.74, 6) is 0.227. The van der Waals surface area contributed by atoms with E-state index in [-0.39, 0.29) is 12.0 Å². The summed E-state index contributed by atoms with van der Waals surface area (Å²) in [5.41, 5.74) is 2.13. The summed E-state index contributed by atoms with van der Waals surface area (Å²) in [6.07, 6.45) is 5.82. The fraction of sp³-hybridized carbons (Fsp3) is 0.222. The van der Waals surface area contributed by atoms with E-state index >= 15 is 0 Å². The monoisotopic (exact) mass is 368 g/mol. The number of aromatic nitrogens is 3. The van der Waals surface area contributed by atoms with Crippen LogP contribution < -0.4 is 10.1 Å². The first-order valence-electron chi connectivity index (χ1n) is 8.16. The van der Waals surface area contributed by atoms with Crippen molar-refractivity contribution < 1.29 is 14.3 Å². The van der Waals surface area contributed by atoms with Crippen LogP contribution in [0.25, 0.3) is 11.3 Å². The van der Waals surface area contributed by atoms with Crippen molar-refractivity contribution in [2.75, 3.05) is 18.5 Å². The van der Waals surface area contributed by atoms with Crippen LogP contribution in [0.4, 0.5) is 5.13 Å². The third-order valence-corrected chi connectivity index (χ3v) is 4.61. The van der Waals surface area contributed by atoms with Crippen LogP contribution in [0.2, 0.25) is 0 Å². The molecule has 1 saturated heterocycles. The molecule has 7 nitrogen and oxygen atoms in total. The average Bonchev–Trinajstić information content (AvgIpc) is 3.35. The smallest absolute Gasteiger partial charge is 0.259 e. The largest absolute Gasteiger partial charge is 0.472 e. The normalized spacial score (nSPS) is 16.4. The lowest BCUT2D eigenvalue weighted by molar-refractivity contribution is 0.102. The zero-order chi connectivity index (χ0) is 17.8. The number of ether oxygens (including phenoxy) is 2. The first-order chi connectivity index (χ1) is 12.8. The van der Waals surface area contributed by atoms with Gasteiger partial charge in [-0.3, -0.25) is 15.1 Å². The van der Waals surface area contributed by atoms with Crippen LogP contribution in [0.15, 0.2) is 48.2 Å². The average molecular weight is 368 g/mol. The highest BCUT2D eigenvalue weighted by molar-refractivity contribution is 7.14. The van der Waals surface area contributed by atoms with Crippen LogP contribution >= 0.6 is 11.3 Å². The number of carbonyl (C=O) groups excluding carboxylic acids is 1. The van der Waals surface area contributed by atoms with E-state index in [0.29, 0.717) is 29.8 Å². The van der Waals surface area contributed by atoms with Crippen molar-refractivity contribution in [3.63, 3.8) is 0 Å².